The summed E-state index contributed by atoms with van der Waals surface area (Å²) in [6, 6.07) is 3.22. The maximum atomic E-state index is 15.0. The molecule has 1 aliphatic rings. The molecule has 1 fully saturated rings. The van der Waals surface area contributed by atoms with Crippen LogP contribution in [-0.4, -0.2) is 50.9 Å². The van der Waals surface area contributed by atoms with Gasteiger partial charge in [0.2, 0.25) is 5.91 Å². The van der Waals surface area contributed by atoms with Crippen LogP contribution in [0.4, 0.5) is 23.2 Å². The topological polar surface area (TPSA) is 147 Å². The molecule has 15 heteroatoms. The first-order valence-electron chi connectivity index (χ1n) is 12.9. The van der Waals surface area contributed by atoms with E-state index < -0.39 is 58.9 Å². The number of nitriles is 1. The summed E-state index contributed by atoms with van der Waals surface area (Å²) in [6.45, 7) is -0.201. The van der Waals surface area contributed by atoms with Gasteiger partial charge in [0, 0.05) is 25.9 Å². The lowest BCUT2D eigenvalue weighted by Crippen LogP contribution is -2.49. The van der Waals surface area contributed by atoms with Crippen LogP contribution in [0, 0.1) is 29.0 Å². The standard InChI is InChI=1S/C27H27F4N7O4/c1-37-17(10-32)6-7-20(37)26(40)35-22(14-4-3-5-15(8-14)23(29)30)27(41)34-19-12-38(36-24(19)31)21(13-42-2)18-9-16(28)11-33-25(18)39/h6-7,9,11-12,14,21-22H,3-5,8,13H2,1-2H3,(H,33,39)(H,34,41)(H,35,40). The number of amides is 2. The van der Waals surface area contributed by atoms with Crippen LogP contribution in [0.1, 0.15) is 53.5 Å². The van der Waals surface area contributed by atoms with Gasteiger partial charge in [0.25, 0.3) is 23.5 Å². The van der Waals surface area contributed by atoms with Gasteiger partial charge < -0.3 is 24.9 Å². The van der Waals surface area contributed by atoms with Crippen molar-refractivity contribution in [2.24, 2.45) is 13.0 Å². The van der Waals surface area contributed by atoms with Crippen LogP contribution in [0.5, 0.6) is 0 Å². The second-order valence-corrected chi connectivity index (χ2v) is 9.82. The summed E-state index contributed by atoms with van der Waals surface area (Å²) in [6.07, 6.45) is 0.720. The first-order chi connectivity index (χ1) is 20.0. The highest BCUT2D eigenvalue weighted by molar-refractivity contribution is 6.00. The molecule has 11 nitrogen and oxygen atoms in total. The molecule has 4 rings (SSSR count). The summed E-state index contributed by atoms with van der Waals surface area (Å²) in [5.41, 5.74) is -1.11. The maximum absolute atomic E-state index is 15.0. The predicted molar refractivity (Wildman–Crippen MR) is 140 cm³/mol. The Balaban J connectivity index is 1.64. The molecule has 0 saturated heterocycles. The van der Waals surface area contributed by atoms with Crippen LogP contribution in [0.2, 0.25) is 0 Å². The largest absolute Gasteiger partial charge is 0.382 e. The molecule has 3 N–H and O–H groups in total. The van der Waals surface area contributed by atoms with Crippen molar-refractivity contribution in [2.75, 3.05) is 19.0 Å². The monoisotopic (exact) mass is 589 g/mol. The first kappa shape index (κ1) is 30.3. The Labute approximate surface area is 236 Å². The van der Waals surface area contributed by atoms with Crippen LogP contribution in [0.3, 0.4) is 0 Å². The highest BCUT2D eigenvalue weighted by Gasteiger charge is 2.35. The molecule has 3 aromatic rings. The fourth-order valence-corrected chi connectivity index (χ4v) is 5.03. The maximum Gasteiger partial charge on any atom is 0.269 e. The minimum Gasteiger partial charge on any atom is -0.382 e. The Morgan fingerprint density at radius 1 is 1.31 bits per heavy atom. The number of hydrogen-bond acceptors (Lipinski definition) is 6. The summed E-state index contributed by atoms with van der Waals surface area (Å²) in [7, 11) is 2.79. The minimum absolute atomic E-state index is 0.0503. The molecule has 0 spiro atoms. The normalized spacial score (nSPS) is 16.4. The van der Waals surface area contributed by atoms with Gasteiger partial charge in [0.15, 0.2) is 0 Å². The van der Waals surface area contributed by atoms with E-state index in [1.54, 1.807) is 0 Å². The molecular weight excluding hydrogens is 562 g/mol. The highest BCUT2D eigenvalue weighted by Crippen LogP contribution is 2.34. The Morgan fingerprint density at radius 2 is 2.07 bits per heavy atom. The molecule has 222 valence electrons. The number of allylic oxidation sites excluding steroid dienone is 1. The van der Waals surface area contributed by atoms with E-state index in [0.717, 1.165) is 23.1 Å². The van der Waals surface area contributed by atoms with Gasteiger partial charge in [0.05, 0.1) is 12.8 Å². The average Bonchev–Trinajstić information content (AvgIpc) is 3.52. The number of rotatable bonds is 9. The van der Waals surface area contributed by atoms with Crippen molar-refractivity contribution in [3.05, 3.63) is 81.3 Å². The second kappa shape index (κ2) is 12.9. The van der Waals surface area contributed by atoms with Crippen molar-refractivity contribution in [3.8, 4) is 6.07 Å². The van der Waals surface area contributed by atoms with E-state index in [0.29, 0.717) is 12.8 Å². The smallest absolute Gasteiger partial charge is 0.269 e. The molecule has 0 aliphatic heterocycles. The van der Waals surface area contributed by atoms with E-state index in [2.05, 4.69) is 20.7 Å². The molecular formula is C27H27F4N7O4. The van der Waals surface area contributed by atoms with E-state index in [1.807, 2.05) is 6.07 Å². The third-order valence-corrected chi connectivity index (χ3v) is 7.18. The van der Waals surface area contributed by atoms with Crippen molar-refractivity contribution >= 4 is 17.5 Å². The number of anilines is 1. The van der Waals surface area contributed by atoms with Gasteiger partial charge in [-0.05, 0) is 55.4 Å². The summed E-state index contributed by atoms with van der Waals surface area (Å²) < 4.78 is 63.2. The first-order valence-corrected chi connectivity index (χ1v) is 12.9. The van der Waals surface area contributed by atoms with Crippen molar-refractivity contribution in [1.29, 1.82) is 5.26 Å². The molecule has 0 aromatic carbocycles. The van der Waals surface area contributed by atoms with Crippen molar-refractivity contribution < 1.29 is 31.9 Å². The van der Waals surface area contributed by atoms with E-state index in [9.17, 15) is 37.2 Å². The molecule has 0 radical (unpaired) electrons. The molecule has 3 aromatic heterocycles. The fourth-order valence-electron chi connectivity index (χ4n) is 5.03. The van der Waals surface area contributed by atoms with Crippen LogP contribution < -0.4 is 16.2 Å². The van der Waals surface area contributed by atoms with Gasteiger partial charge in [-0.25, -0.2) is 4.39 Å². The predicted octanol–water partition coefficient (Wildman–Crippen LogP) is 3.37. The molecule has 0 bridgehead atoms. The highest BCUT2D eigenvalue weighted by atomic mass is 19.3. The van der Waals surface area contributed by atoms with Crippen LogP contribution in [0.25, 0.3) is 0 Å². The lowest BCUT2D eigenvalue weighted by molar-refractivity contribution is -0.119. The Kier molecular flexibility index (Phi) is 9.26. The van der Waals surface area contributed by atoms with Gasteiger partial charge in [0.1, 0.15) is 41.0 Å². The third-order valence-electron chi connectivity index (χ3n) is 7.18. The zero-order valence-corrected chi connectivity index (χ0v) is 22.6. The lowest BCUT2D eigenvalue weighted by Gasteiger charge is -2.31. The van der Waals surface area contributed by atoms with Crippen LogP contribution >= 0.6 is 0 Å². The number of nitrogens with one attached hydrogen (secondary N) is 3. The van der Waals surface area contributed by atoms with Gasteiger partial charge in [-0.2, -0.15) is 18.4 Å². The average molecular weight is 590 g/mol. The van der Waals surface area contributed by atoms with Crippen molar-refractivity contribution in [2.45, 2.75) is 37.8 Å². The quantitative estimate of drug-likeness (QED) is 0.326. The van der Waals surface area contributed by atoms with Crippen LogP contribution in [-0.2, 0) is 16.6 Å². The molecule has 3 unspecified atom stereocenters. The SMILES string of the molecule is COCC(c1cc(F)c[nH]c1=O)n1cc(NC(=O)C(NC(=O)c2ccc(C#N)n2C)C2CCCC(=C(F)F)C2)c(F)n1. The number of H-pyrrole nitrogens is 1. The zero-order valence-electron chi connectivity index (χ0n) is 22.6. The summed E-state index contributed by atoms with van der Waals surface area (Å²) in [5, 5.41) is 17.8. The van der Waals surface area contributed by atoms with Gasteiger partial charge >= 0.3 is 0 Å². The number of halogens is 4. The van der Waals surface area contributed by atoms with E-state index in [1.165, 1.54) is 30.9 Å². The van der Waals surface area contributed by atoms with E-state index in [-0.39, 0.29) is 42.0 Å². The third kappa shape index (κ3) is 6.44. The Hall–Kier alpha value is -4.71. The number of aromatic nitrogens is 4. The molecule has 42 heavy (non-hydrogen) atoms. The lowest BCUT2D eigenvalue weighted by atomic mass is 9.81. The zero-order chi connectivity index (χ0) is 30.6. The molecule has 3 heterocycles. The molecule has 1 aliphatic carbocycles. The number of methoxy groups -OCH3 is 1. The number of pyridine rings is 1. The second-order valence-electron chi connectivity index (χ2n) is 9.82. The molecule has 1 saturated carbocycles. The van der Waals surface area contributed by atoms with E-state index in [4.69, 9.17) is 4.74 Å². The number of hydrogen-bond donors (Lipinski definition) is 3. The number of carbonyl (C=O) groups excluding carboxylic acids is 2. The fraction of sp³-hybridized carbons (Fsp3) is 0.370. The van der Waals surface area contributed by atoms with Crippen molar-refractivity contribution in [1.82, 2.24) is 24.6 Å². The van der Waals surface area contributed by atoms with Crippen molar-refractivity contribution in [3.63, 3.8) is 0 Å². The van der Waals surface area contributed by atoms with Crippen LogP contribution in [0.15, 0.2) is 47.0 Å². The van der Waals surface area contributed by atoms with E-state index >= 15 is 0 Å². The van der Waals surface area contributed by atoms with Gasteiger partial charge in [-0.15, -0.1) is 5.10 Å². The van der Waals surface area contributed by atoms with Gasteiger partial charge in [-0.1, -0.05) is 0 Å². The Bertz CT molecular complexity index is 1620. The minimum atomic E-state index is -1.85. The summed E-state index contributed by atoms with van der Waals surface area (Å²) in [4.78, 5) is 41.2. The molecule has 3 atom stereocenters. The molecule has 2 amide bonds. The number of carbonyl (C=O) groups is 2. The Morgan fingerprint density at radius 3 is 2.74 bits per heavy atom. The number of nitrogens with zero attached hydrogens (tertiary/aromatic N) is 4. The number of ether oxygens (including phenoxy) is 1. The summed E-state index contributed by atoms with van der Waals surface area (Å²) in [5.74, 6) is -4.29. The van der Waals surface area contributed by atoms with Gasteiger partial charge in [-0.3, -0.25) is 19.1 Å². The number of aromatic amines is 1. The summed E-state index contributed by atoms with van der Waals surface area (Å²) >= 11 is 0.